The second-order valence-corrected chi connectivity index (χ2v) is 12.1. The fourth-order valence-corrected chi connectivity index (χ4v) is 9.63. The first-order valence-electron chi connectivity index (χ1n) is 13.8. The average Bonchev–Trinajstić information content (AvgIpc) is 2.90. The van der Waals surface area contributed by atoms with Gasteiger partial charge in [-0.3, -0.25) is 14.4 Å². The lowest BCUT2D eigenvalue weighted by Crippen LogP contribution is -2.60. The highest BCUT2D eigenvalue weighted by Gasteiger charge is 2.59. The monoisotopic (exact) mass is 465 g/mol. The van der Waals surface area contributed by atoms with Gasteiger partial charge in [-0.25, -0.2) is 0 Å². The summed E-state index contributed by atoms with van der Waals surface area (Å²) in [6.45, 7) is 0. The molecule has 0 bridgehead atoms. The molecule has 0 unspecified atom stereocenters. The lowest BCUT2D eigenvalue weighted by Gasteiger charge is -2.61. The molecule has 5 aliphatic carbocycles. The lowest BCUT2D eigenvalue weighted by molar-refractivity contribution is -0.150. The van der Waals surface area contributed by atoms with Gasteiger partial charge in [-0.2, -0.15) is 0 Å². The molecule has 35 heavy (non-hydrogen) atoms. The number of benzene rings is 2. The van der Waals surface area contributed by atoms with Crippen molar-refractivity contribution < 1.29 is 14.4 Å². The van der Waals surface area contributed by atoms with Crippen LogP contribution in [-0.4, -0.2) is 23.4 Å². The molecule has 178 valence electrons. The highest BCUT2D eigenvalue weighted by molar-refractivity contribution is 6.28. The third-order valence-electron chi connectivity index (χ3n) is 10.9. The minimum absolute atomic E-state index is 0.0341. The number of hydrogen-bond donors (Lipinski definition) is 1. The van der Waals surface area contributed by atoms with Gasteiger partial charge in [-0.15, -0.1) is 0 Å². The van der Waals surface area contributed by atoms with Crippen molar-refractivity contribution in [2.75, 3.05) is 5.32 Å². The summed E-state index contributed by atoms with van der Waals surface area (Å²) in [4.78, 5) is 40.4. The molecule has 2 aromatic carbocycles. The van der Waals surface area contributed by atoms with Crippen molar-refractivity contribution in [2.24, 2.45) is 35.5 Å². The fraction of sp³-hybridized carbons (Fsp3) is 0.516. The predicted molar refractivity (Wildman–Crippen MR) is 133 cm³/mol. The van der Waals surface area contributed by atoms with Crippen LogP contribution in [0.5, 0.6) is 0 Å². The molecule has 0 spiro atoms. The van der Waals surface area contributed by atoms with Crippen LogP contribution < -0.4 is 5.32 Å². The van der Waals surface area contributed by atoms with Gasteiger partial charge in [0.15, 0.2) is 11.6 Å². The maximum absolute atomic E-state index is 13.7. The average molecular weight is 466 g/mol. The van der Waals surface area contributed by atoms with Crippen molar-refractivity contribution in [1.82, 2.24) is 0 Å². The van der Waals surface area contributed by atoms with Crippen LogP contribution in [0.4, 0.5) is 5.69 Å². The highest BCUT2D eigenvalue weighted by Crippen LogP contribution is 2.63. The molecule has 4 saturated carbocycles. The Hall–Kier alpha value is -2.75. The number of nitrogens with one attached hydrogen (secondary N) is 1. The van der Waals surface area contributed by atoms with Crippen molar-refractivity contribution in [3.63, 3.8) is 0 Å². The van der Waals surface area contributed by atoms with Crippen molar-refractivity contribution in [3.8, 4) is 0 Å². The fourth-order valence-electron chi connectivity index (χ4n) is 9.63. The number of anilines is 1. The van der Waals surface area contributed by atoms with E-state index in [-0.39, 0.29) is 17.5 Å². The molecule has 1 aliphatic heterocycles. The molecule has 1 N–H and O–H groups in total. The zero-order chi connectivity index (χ0) is 23.4. The number of fused-ring (bicyclic) bond motifs is 6. The van der Waals surface area contributed by atoms with Crippen molar-refractivity contribution in [2.45, 2.75) is 63.3 Å². The van der Waals surface area contributed by atoms with Crippen LogP contribution in [0.25, 0.3) is 0 Å². The summed E-state index contributed by atoms with van der Waals surface area (Å²) in [5.74, 6) is 3.66. The second kappa shape index (κ2) is 7.15. The van der Waals surface area contributed by atoms with Crippen LogP contribution in [0.15, 0.2) is 36.4 Å². The Morgan fingerprint density at radius 1 is 0.629 bits per heavy atom. The molecular formula is C31H31NO3. The van der Waals surface area contributed by atoms with Gasteiger partial charge in [0.25, 0.3) is 0 Å². The third kappa shape index (κ3) is 2.61. The summed E-state index contributed by atoms with van der Waals surface area (Å²) in [6.07, 6.45) is 9.24. The summed E-state index contributed by atoms with van der Waals surface area (Å²) < 4.78 is 0. The van der Waals surface area contributed by atoms with Gasteiger partial charge < -0.3 is 5.32 Å². The minimum atomic E-state index is -0.0458. The summed E-state index contributed by atoms with van der Waals surface area (Å²) in [7, 11) is 0. The molecule has 0 saturated heterocycles. The van der Waals surface area contributed by atoms with Crippen molar-refractivity contribution in [1.29, 1.82) is 0 Å². The van der Waals surface area contributed by atoms with E-state index in [9.17, 15) is 14.4 Å². The topological polar surface area (TPSA) is 63.2 Å². The molecule has 4 heteroatoms. The largest absolute Gasteiger partial charge is 0.382 e. The van der Waals surface area contributed by atoms with Crippen LogP contribution in [0, 0.1) is 35.5 Å². The summed E-state index contributed by atoms with van der Waals surface area (Å²) in [5.41, 5.74) is 4.40. The van der Waals surface area contributed by atoms with E-state index in [1.54, 1.807) is 12.1 Å². The Balaban J connectivity index is 1.23. The van der Waals surface area contributed by atoms with Gasteiger partial charge in [0.2, 0.25) is 0 Å². The Kier molecular flexibility index (Phi) is 4.18. The first-order chi connectivity index (χ1) is 17.1. The van der Waals surface area contributed by atoms with Gasteiger partial charge >= 0.3 is 0 Å². The Morgan fingerprint density at radius 2 is 1.34 bits per heavy atom. The van der Waals surface area contributed by atoms with E-state index in [0.717, 1.165) is 31.4 Å². The maximum Gasteiger partial charge on any atom is 0.194 e. The van der Waals surface area contributed by atoms with Crippen molar-refractivity contribution in [3.05, 3.63) is 64.2 Å². The first kappa shape index (κ1) is 20.4. The number of hydrogen-bond acceptors (Lipinski definition) is 4. The van der Waals surface area contributed by atoms with E-state index in [1.807, 2.05) is 24.3 Å². The third-order valence-corrected chi connectivity index (χ3v) is 10.9. The van der Waals surface area contributed by atoms with E-state index in [1.165, 1.54) is 31.2 Å². The quantitative estimate of drug-likeness (QED) is 0.457. The minimum Gasteiger partial charge on any atom is -0.382 e. The smallest absolute Gasteiger partial charge is 0.194 e. The summed E-state index contributed by atoms with van der Waals surface area (Å²) in [6, 6.07) is 11.6. The predicted octanol–water partition coefficient (Wildman–Crippen LogP) is 5.78. The number of ketones is 3. The molecular weight excluding hydrogens is 434 g/mol. The molecule has 4 fully saturated rings. The van der Waals surface area contributed by atoms with Gasteiger partial charge in [0, 0.05) is 45.8 Å². The molecule has 2 aromatic rings. The molecule has 6 aliphatic rings. The zero-order valence-electron chi connectivity index (χ0n) is 20.0. The van der Waals surface area contributed by atoms with Gasteiger partial charge in [0.1, 0.15) is 5.78 Å². The Labute approximate surface area is 205 Å². The van der Waals surface area contributed by atoms with E-state index in [2.05, 4.69) is 5.32 Å². The van der Waals surface area contributed by atoms with Gasteiger partial charge in [0.05, 0.1) is 0 Å². The maximum atomic E-state index is 13.7. The molecule has 4 nitrogen and oxygen atoms in total. The van der Waals surface area contributed by atoms with Gasteiger partial charge in [-0.05, 0) is 85.8 Å². The molecule has 0 aromatic heterocycles. The first-order valence-corrected chi connectivity index (χ1v) is 13.8. The van der Waals surface area contributed by atoms with Crippen LogP contribution in [0.1, 0.15) is 94.7 Å². The van der Waals surface area contributed by atoms with E-state index in [4.69, 9.17) is 0 Å². The Morgan fingerprint density at radius 3 is 2.14 bits per heavy atom. The second-order valence-electron chi connectivity index (χ2n) is 12.1. The Bertz CT molecular complexity index is 1310. The molecule has 0 radical (unpaired) electrons. The van der Waals surface area contributed by atoms with Crippen LogP contribution in [0.3, 0.4) is 0 Å². The molecule has 8 atom stereocenters. The molecule has 8 rings (SSSR count). The lowest BCUT2D eigenvalue weighted by atomic mass is 9.45. The van der Waals surface area contributed by atoms with Crippen LogP contribution in [0.2, 0.25) is 0 Å². The van der Waals surface area contributed by atoms with Crippen LogP contribution in [-0.2, 0) is 4.79 Å². The number of Topliss-reactive ketones (excluding diaryl/α,β-unsaturated/α-hetero) is 1. The highest BCUT2D eigenvalue weighted by atomic mass is 16.1. The van der Waals surface area contributed by atoms with Crippen molar-refractivity contribution >= 4 is 23.0 Å². The van der Waals surface area contributed by atoms with E-state index >= 15 is 0 Å². The molecule has 0 amide bonds. The SMILES string of the molecule is O=C1c2ccccc2C(=O)c2cc3c(cc21)N[C@H]1CC[C@H]2[C@@H]4CCCC[C@@H]4C(=O)[C@H]4CC[C@H]3[C@H]1[C@H]24. The van der Waals surface area contributed by atoms with Gasteiger partial charge in [-0.1, -0.05) is 37.1 Å². The standard InChI is InChI=1S/C31H31NO3/c33-29-18-6-2-1-5-15(18)16-11-12-25-28-17(9-10-21(29)27(16)28)22-13-23-24(14-26(22)32-25)31(35)20-8-4-3-7-19(20)30(23)34/h3-4,7-8,13-18,21,25,27-28,32H,1-2,5-6,9-12H2/t15-,16-,17+,18-,21-,25-,27+,28+/m0/s1. The number of rotatable bonds is 0. The van der Waals surface area contributed by atoms with Crippen LogP contribution >= 0.6 is 0 Å². The van der Waals surface area contributed by atoms with E-state index in [0.29, 0.717) is 69.6 Å². The zero-order valence-corrected chi connectivity index (χ0v) is 20.0. The summed E-state index contributed by atoms with van der Waals surface area (Å²) >= 11 is 0. The normalized spacial score (nSPS) is 38.3. The molecule has 1 heterocycles. The summed E-state index contributed by atoms with van der Waals surface area (Å²) in [5, 5.41) is 3.84. The number of carbonyl (C=O) groups excluding carboxylic acids is 3. The van der Waals surface area contributed by atoms with E-state index < -0.39 is 0 Å². The number of carbonyl (C=O) groups is 3.